The van der Waals surface area contributed by atoms with Crippen molar-refractivity contribution in [2.75, 3.05) is 0 Å². The van der Waals surface area contributed by atoms with Crippen LogP contribution in [0.25, 0.3) is 0 Å². The Labute approximate surface area is 174 Å². The number of epoxide rings is 1. The van der Waals surface area contributed by atoms with Crippen LogP contribution in [0.15, 0.2) is 24.3 Å². The van der Waals surface area contributed by atoms with Crippen LogP contribution in [-0.2, 0) is 11.2 Å². The summed E-state index contributed by atoms with van der Waals surface area (Å²) in [6.45, 7) is 3.97. The van der Waals surface area contributed by atoms with Gasteiger partial charge in [-0.3, -0.25) is 9.59 Å². The third-order valence-electron chi connectivity index (χ3n) is 7.39. The number of aromatic hydroxyl groups is 1. The number of benzene rings is 2. The average Bonchev–Trinajstić information content (AvgIpc) is 3.63. The minimum atomic E-state index is -1.07. The molecule has 3 aliphatic carbocycles. The van der Waals surface area contributed by atoms with E-state index in [4.69, 9.17) is 4.74 Å². The Morgan fingerprint density at radius 2 is 1.60 bits per heavy atom. The molecule has 0 amide bonds. The van der Waals surface area contributed by atoms with Gasteiger partial charge in [0.15, 0.2) is 11.6 Å². The number of carbonyl (C=O) groups is 2. The summed E-state index contributed by atoms with van der Waals surface area (Å²) in [5.74, 6) is -0.412. The highest BCUT2D eigenvalue weighted by molar-refractivity contribution is 6.30. The first-order valence-corrected chi connectivity index (χ1v) is 10.8. The fraction of sp³-hybridized carbons (Fsp3) is 0.440. The molecule has 2 aromatic carbocycles. The Morgan fingerprint density at radius 3 is 2.17 bits per heavy atom. The van der Waals surface area contributed by atoms with Gasteiger partial charge in [-0.1, -0.05) is 31.2 Å². The van der Waals surface area contributed by atoms with Crippen LogP contribution in [0.1, 0.15) is 93.5 Å². The molecule has 5 nitrogen and oxygen atoms in total. The van der Waals surface area contributed by atoms with Crippen molar-refractivity contribution in [3.05, 3.63) is 63.2 Å². The molecule has 1 aliphatic heterocycles. The zero-order chi connectivity index (χ0) is 20.9. The Bertz CT molecular complexity index is 1140. The second-order valence-electron chi connectivity index (χ2n) is 9.53. The van der Waals surface area contributed by atoms with Crippen molar-refractivity contribution in [3.8, 4) is 5.75 Å². The van der Waals surface area contributed by atoms with Crippen LogP contribution < -0.4 is 0 Å². The molecule has 2 aromatic rings. The summed E-state index contributed by atoms with van der Waals surface area (Å²) in [4.78, 5) is 26.9. The van der Waals surface area contributed by atoms with Gasteiger partial charge >= 0.3 is 0 Å². The summed E-state index contributed by atoms with van der Waals surface area (Å²) < 4.78 is 5.60. The first-order chi connectivity index (χ1) is 14.3. The van der Waals surface area contributed by atoms with Gasteiger partial charge in [0.1, 0.15) is 11.9 Å². The maximum absolute atomic E-state index is 13.5. The van der Waals surface area contributed by atoms with E-state index in [9.17, 15) is 19.8 Å². The van der Waals surface area contributed by atoms with Crippen LogP contribution in [0.4, 0.5) is 0 Å². The predicted octanol–water partition coefficient (Wildman–Crippen LogP) is 3.61. The van der Waals surface area contributed by atoms with Gasteiger partial charge in [-0.2, -0.15) is 0 Å². The molecule has 0 radical (unpaired) electrons. The third kappa shape index (κ3) is 2.30. The Kier molecular flexibility index (Phi) is 3.54. The maximum Gasteiger partial charge on any atom is 0.198 e. The van der Waals surface area contributed by atoms with Crippen LogP contribution in [0.3, 0.4) is 0 Å². The summed E-state index contributed by atoms with van der Waals surface area (Å²) in [5.41, 5.74) is 2.73. The number of hydrogen-bond acceptors (Lipinski definition) is 5. The SMILES string of the molecule is CC1OC1[C@]1(O)Cc2c(O)c3c(c(C4CC4)c2[C@@H](C)C1)C(=O)c1ccccc1C3=O. The average molecular weight is 404 g/mol. The van der Waals surface area contributed by atoms with Crippen LogP contribution in [0.5, 0.6) is 5.75 Å². The zero-order valence-electron chi connectivity index (χ0n) is 17.1. The number of phenolic OH excluding ortho intramolecular Hbond substituents is 1. The fourth-order valence-electron chi connectivity index (χ4n) is 5.95. The Balaban J connectivity index is 1.63. The summed E-state index contributed by atoms with van der Waals surface area (Å²) in [7, 11) is 0. The molecule has 4 atom stereocenters. The first-order valence-electron chi connectivity index (χ1n) is 10.8. The van der Waals surface area contributed by atoms with Gasteiger partial charge in [-0.05, 0) is 49.1 Å². The Morgan fingerprint density at radius 1 is 1.00 bits per heavy atom. The van der Waals surface area contributed by atoms with E-state index in [1.165, 1.54) is 0 Å². The van der Waals surface area contributed by atoms with Crippen molar-refractivity contribution in [2.45, 2.75) is 69.2 Å². The van der Waals surface area contributed by atoms with Gasteiger partial charge in [0.2, 0.25) is 0 Å². The van der Waals surface area contributed by atoms with Gasteiger partial charge in [-0.25, -0.2) is 0 Å². The molecule has 1 saturated carbocycles. The molecule has 5 heteroatoms. The number of ketones is 2. The van der Waals surface area contributed by atoms with E-state index in [2.05, 4.69) is 0 Å². The van der Waals surface area contributed by atoms with E-state index in [-0.39, 0.29) is 53.3 Å². The van der Waals surface area contributed by atoms with Gasteiger partial charge in [0.25, 0.3) is 0 Å². The van der Waals surface area contributed by atoms with Crippen molar-refractivity contribution in [3.63, 3.8) is 0 Å². The zero-order valence-corrected chi connectivity index (χ0v) is 17.1. The number of fused-ring (bicyclic) bond motifs is 3. The quantitative estimate of drug-likeness (QED) is 0.637. The largest absolute Gasteiger partial charge is 0.507 e. The van der Waals surface area contributed by atoms with Crippen molar-refractivity contribution < 1.29 is 24.5 Å². The van der Waals surface area contributed by atoms with Gasteiger partial charge in [0, 0.05) is 28.7 Å². The molecular formula is C25H24O5. The van der Waals surface area contributed by atoms with Crippen LogP contribution >= 0.6 is 0 Å². The number of rotatable bonds is 2. The molecule has 1 saturated heterocycles. The van der Waals surface area contributed by atoms with E-state index >= 15 is 0 Å². The normalized spacial score (nSPS) is 31.8. The van der Waals surface area contributed by atoms with Crippen molar-refractivity contribution in [2.24, 2.45) is 0 Å². The lowest BCUT2D eigenvalue weighted by molar-refractivity contribution is -0.00766. The molecule has 154 valence electrons. The molecule has 2 fully saturated rings. The molecule has 0 bridgehead atoms. The topological polar surface area (TPSA) is 87.1 Å². The number of hydrogen-bond donors (Lipinski definition) is 2. The van der Waals surface area contributed by atoms with E-state index in [1.807, 2.05) is 13.8 Å². The van der Waals surface area contributed by atoms with Gasteiger partial charge in [-0.15, -0.1) is 0 Å². The molecule has 2 N–H and O–H groups in total. The minimum Gasteiger partial charge on any atom is -0.507 e. The molecule has 0 aromatic heterocycles. The highest BCUT2D eigenvalue weighted by Gasteiger charge is 2.55. The Hall–Kier alpha value is -2.50. The monoisotopic (exact) mass is 404 g/mol. The summed E-state index contributed by atoms with van der Waals surface area (Å²) in [6, 6.07) is 6.84. The van der Waals surface area contributed by atoms with Crippen LogP contribution in [0.2, 0.25) is 0 Å². The van der Waals surface area contributed by atoms with E-state index in [0.717, 1.165) is 24.0 Å². The lowest BCUT2D eigenvalue weighted by Gasteiger charge is -2.39. The van der Waals surface area contributed by atoms with Gasteiger partial charge < -0.3 is 14.9 Å². The lowest BCUT2D eigenvalue weighted by atomic mass is 9.67. The third-order valence-corrected chi connectivity index (χ3v) is 7.39. The van der Waals surface area contributed by atoms with E-state index < -0.39 is 5.60 Å². The van der Waals surface area contributed by atoms with Crippen LogP contribution in [0, 0.1) is 0 Å². The molecule has 2 unspecified atom stereocenters. The summed E-state index contributed by atoms with van der Waals surface area (Å²) in [6.07, 6.45) is 2.45. The van der Waals surface area contributed by atoms with Crippen LogP contribution in [-0.4, -0.2) is 39.6 Å². The van der Waals surface area contributed by atoms with Gasteiger partial charge in [0.05, 0.1) is 17.3 Å². The predicted molar refractivity (Wildman–Crippen MR) is 109 cm³/mol. The standard InChI is InChI=1S/C25H24O5/c1-11-9-25(29,24-12(2)30-24)10-16-17(11)18(13-7-8-13)19-20(23(16)28)22(27)15-6-4-3-5-14(15)21(19)26/h3-6,11-13,24,28-29H,7-10H2,1-2H3/t11-,12?,24?,25+/m0/s1. The highest BCUT2D eigenvalue weighted by Crippen LogP contribution is 2.56. The molecular weight excluding hydrogens is 380 g/mol. The summed E-state index contributed by atoms with van der Waals surface area (Å²) >= 11 is 0. The smallest absolute Gasteiger partial charge is 0.198 e. The first kappa shape index (κ1) is 18.3. The molecule has 30 heavy (non-hydrogen) atoms. The van der Waals surface area contributed by atoms with E-state index in [1.54, 1.807) is 24.3 Å². The number of ether oxygens (including phenoxy) is 1. The number of carbonyl (C=O) groups excluding carboxylic acids is 2. The molecule has 0 spiro atoms. The number of aliphatic hydroxyl groups is 1. The van der Waals surface area contributed by atoms with E-state index in [0.29, 0.717) is 28.7 Å². The highest BCUT2D eigenvalue weighted by atomic mass is 16.6. The minimum absolute atomic E-state index is 0.0125. The fourth-order valence-corrected chi connectivity index (χ4v) is 5.95. The molecule has 6 rings (SSSR count). The van der Waals surface area contributed by atoms with Crippen molar-refractivity contribution >= 4 is 11.6 Å². The maximum atomic E-state index is 13.5. The summed E-state index contributed by atoms with van der Waals surface area (Å²) in [5, 5.41) is 22.7. The molecule has 4 aliphatic rings. The lowest BCUT2D eigenvalue weighted by Crippen LogP contribution is -2.44. The number of phenols is 1. The van der Waals surface area contributed by atoms with Crippen molar-refractivity contribution in [1.29, 1.82) is 0 Å². The second-order valence-corrected chi connectivity index (χ2v) is 9.53. The van der Waals surface area contributed by atoms with Crippen molar-refractivity contribution in [1.82, 2.24) is 0 Å². The molecule has 1 heterocycles. The second kappa shape index (κ2) is 5.80.